The maximum atomic E-state index is 12.8. The topological polar surface area (TPSA) is 65.4 Å². The van der Waals surface area contributed by atoms with Gasteiger partial charge < -0.3 is 14.8 Å². The average molecular weight is 414 g/mol. The van der Waals surface area contributed by atoms with Gasteiger partial charge in [0.2, 0.25) is 0 Å². The van der Waals surface area contributed by atoms with Crippen LogP contribution >= 0.6 is 11.6 Å². The fourth-order valence-electron chi connectivity index (χ4n) is 2.75. The SMILES string of the molecule is COc1cc(C(=O)Nc2ccnn2Cc2ccccc2)cc(Cl)c1OCC(C)C. The summed E-state index contributed by atoms with van der Waals surface area (Å²) in [7, 11) is 1.52. The van der Waals surface area contributed by atoms with Crippen LogP contribution in [-0.4, -0.2) is 29.4 Å². The molecule has 1 aromatic heterocycles. The molecule has 7 heteroatoms. The molecule has 0 aliphatic heterocycles. The Morgan fingerprint density at radius 3 is 2.66 bits per heavy atom. The maximum Gasteiger partial charge on any atom is 0.257 e. The number of carbonyl (C=O) groups excluding carboxylic acids is 1. The number of aromatic nitrogens is 2. The monoisotopic (exact) mass is 413 g/mol. The van der Waals surface area contributed by atoms with Gasteiger partial charge in [-0.25, -0.2) is 4.68 Å². The number of hydrogen-bond donors (Lipinski definition) is 1. The van der Waals surface area contributed by atoms with Crippen LogP contribution < -0.4 is 14.8 Å². The van der Waals surface area contributed by atoms with Crippen molar-refractivity contribution < 1.29 is 14.3 Å². The van der Waals surface area contributed by atoms with Crippen LogP contribution in [0.1, 0.15) is 29.8 Å². The molecule has 6 nitrogen and oxygen atoms in total. The Bertz CT molecular complexity index is 971. The van der Waals surface area contributed by atoms with Gasteiger partial charge in [-0.1, -0.05) is 55.8 Å². The molecule has 0 fully saturated rings. The molecule has 1 heterocycles. The van der Waals surface area contributed by atoms with E-state index in [0.29, 0.717) is 47.0 Å². The normalized spacial score (nSPS) is 10.8. The first-order valence-corrected chi connectivity index (χ1v) is 9.73. The molecule has 0 aliphatic carbocycles. The fraction of sp³-hybridized carbons (Fsp3) is 0.273. The Hall–Kier alpha value is -2.99. The summed E-state index contributed by atoms with van der Waals surface area (Å²) in [6.45, 7) is 5.14. The minimum absolute atomic E-state index is 0.310. The quantitative estimate of drug-likeness (QED) is 0.571. The standard InChI is InChI=1S/C22H24ClN3O3/c1-15(2)14-29-21-18(23)11-17(12-19(21)28-3)22(27)25-20-9-10-24-26(20)13-16-7-5-4-6-8-16/h4-12,15H,13-14H2,1-3H3,(H,25,27). The van der Waals surface area contributed by atoms with Gasteiger partial charge >= 0.3 is 0 Å². The highest BCUT2D eigenvalue weighted by Crippen LogP contribution is 2.37. The number of hydrogen-bond acceptors (Lipinski definition) is 4. The number of benzene rings is 2. The number of ether oxygens (including phenoxy) is 2. The molecule has 2 aromatic carbocycles. The molecule has 0 unspecified atom stereocenters. The van der Waals surface area contributed by atoms with Gasteiger partial charge in [-0.2, -0.15) is 5.10 Å². The van der Waals surface area contributed by atoms with E-state index >= 15 is 0 Å². The molecule has 0 aliphatic rings. The Morgan fingerprint density at radius 1 is 1.21 bits per heavy atom. The summed E-state index contributed by atoms with van der Waals surface area (Å²) in [6, 6.07) is 14.9. The zero-order valence-corrected chi connectivity index (χ0v) is 17.4. The average Bonchev–Trinajstić information content (AvgIpc) is 3.13. The smallest absolute Gasteiger partial charge is 0.257 e. The minimum Gasteiger partial charge on any atom is -0.493 e. The predicted octanol–water partition coefficient (Wildman–Crippen LogP) is 4.88. The molecular formula is C22H24ClN3O3. The molecule has 0 spiro atoms. The third-order valence-electron chi connectivity index (χ3n) is 4.19. The molecule has 0 saturated heterocycles. The Kier molecular flexibility index (Phi) is 6.77. The van der Waals surface area contributed by atoms with Crippen molar-refractivity contribution in [3.05, 3.63) is 70.9 Å². The number of methoxy groups -OCH3 is 1. The first kappa shape index (κ1) is 20.7. The summed E-state index contributed by atoms with van der Waals surface area (Å²) in [5, 5.41) is 7.50. The van der Waals surface area contributed by atoms with E-state index in [1.54, 1.807) is 29.1 Å². The number of carbonyl (C=O) groups is 1. The number of nitrogens with one attached hydrogen (secondary N) is 1. The van der Waals surface area contributed by atoms with Crippen molar-refractivity contribution in [3.63, 3.8) is 0 Å². The van der Waals surface area contributed by atoms with Crippen LogP contribution in [0.15, 0.2) is 54.7 Å². The second-order valence-electron chi connectivity index (χ2n) is 7.01. The minimum atomic E-state index is -0.310. The molecule has 1 amide bonds. The summed E-state index contributed by atoms with van der Waals surface area (Å²) in [6.07, 6.45) is 1.65. The molecule has 152 valence electrons. The lowest BCUT2D eigenvalue weighted by atomic mass is 10.1. The second-order valence-corrected chi connectivity index (χ2v) is 7.42. The molecule has 3 aromatic rings. The lowest BCUT2D eigenvalue weighted by molar-refractivity contribution is 0.102. The Morgan fingerprint density at radius 2 is 1.97 bits per heavy atom. The molecule has 3 rings (SSSR count). The molecule has 0 atom stereocenters. The first-order chi connectivity index (χ1) is 14.0. The second kappa shape index (κ2) is 9.47. The Balaban J connectivity index is 1.78. The van der Waals surface area contributed by atoms with Crippen molar-refractivity contribution in [1.82, 2.24) is 9.78 Å². The van der Waals surface area contributed by atoms with Crippen molar-refractivity contribution in [2.75, 3.05) is 19.0 Å². The molecule has 0 radical (unpaired) electrons. The van der Waals surface area contributed by atoms with Crippen LogP contribution in [0.25, 0.3) is 0 Å². The number of amides is 1. The largest absolute Gasteiger partial charge is 0.493 e. The summed E-state index contributed by atoms with van der Waals surface area (Å²) >= 11 is 6.36. The van der Waals surface area contributed by atoms with Crippen LogP contribution in [0.2, 0.25) is 5.02 Å². The van der Waals surface area contributed by atoms with Gasteiger partial charge in [0.1, 0.15) is 5.82 Å². The van der Waals surface area contributed by atoms with Gasteiger partial charge in [-0.15, -0.1) is 0 Å². The van der Waals surface area contributed by atoms with Crippen LogP contribution in [0.4, 0.5) is 5.82 Å². The number of nitrogens with zero attached hydrogens (tertiary/aromatic N) is 2. The summed E-state index contributed by atoms with van der Waals surface area (Å²) < 4.78 is 12.9. The summed E-state index contributed by atoms with van der Waals surface area (Å²) in [5.74, 6) is 1.47. The van der Waals surface area contributed by atoms with Crippen molar-refractivity contribution in [1.29, 1.82) is 0 Å². The third kappa shape index (κ3) is 5.29. The highest BCUT2D eigenvalue weighted by atomic mass is 35.5. The van der Waals surface area contributed by atoms with Crippen LogP contribution in [-0.2, 0) is 6.54 Å². The van der Waals surface area contributed by atoms with E-state index in [9.17, 15) is 4.79 Å². The summed E-state index contributed by atoms with van der Waals surface area (Å²) in [5.41, 5.74) is 1.46. The van der Waals surface area contributed by atoms with E-state index in [4.69, 9.17) is 21.1 Å². The number of halogens is 1. The highest BCUT2D eigenvalue weighted by Gasteiger charge is 2.17. The van der Waals surface area contributed by atoms with Crippen molar-refractivity contribution >= 4 is 23.3 Å². The third-order valence-corrected chi connectivity index (χ3v) is 4.47. The lowest BCUT2D eigenvalue weighted by Crippen LogP contribution is -2.16. The molecule has 1 N–H and O–H groups in total. The fourth-order valence-corrected chi connectivity index (χ4v) is 3.02. The van der Waals surface area contributed by atoms with Gasteiger partial charge in [0, 0.05) is 11.6 Å². The summed E-state index contributed by atoms with van der Waals surface area (Å²) in [4.78, 5) is 12.8. The van der Waals surface area contributed by atoms with E-state index in [-0.39, 0.29) is 5.91 Å². The van der Waals surface area contributed by atoms with Crippen molar-refractivity contribution in [2.24, 2.45) is 5.92 Å². The van der Waals surface area contributed by atoms with E-state index in [1.165, 1.54) is 7.11 Å². The number of anilines is 1. The zero-order chi connectivity index (χ0) is 20.8. The van der Waals surface area contributed by atoms with Crippen LogP contribution in [0.5, 0.6) is 11.5 Å². The predicted molar refractivity (Wildman–Crippen MR) is 114 cm³/mol. The molecular weight excluding hydrogens is 390 g/mol. The lowest BCUT2D eigenvalue weighted by Gasteiger charge is -2.15. The van der Waals surface area contributed by atoms with Gasteiger partial charge in [-0.3, -0.25) is 4.79 Å². The highest BCUT2D eigenvalue weighted by molar-refractivity contribution is 6.32. The molecule has 29 heavy (non-hydrogen) atoms. The van der Waals surface area contributed by atoms with Crippen LogP contribution in [0.3, 0.4) is 0 Å². The van der Waals surface area contributed by atoms with Crippen molar-refractivity contribution in [3.8, 4) is 11.5 Å². The number of rotatable bonds is 8. The molecule has 0 saturated carbocycles. The van der Waals surface area contributed by atoms with E-state index in [1.807, 2.05) is 44.2 Å². The van der Waals surface area contributed by atoms with Gasteiger partial charge in [0.25, 0.3) is 5.91 Å². The van der Waals surface area contributed by atoms with Gasteiger partial charge in [0.15, 0.2) is 11.5 Å². The van der Waals surface area contributed by atoms with E-state index in [0.717, 1.165) is 5.56 Å². The first-order valence-electron chi connectivity index (χ1n) is 9.35. The Labute approximate surface area is 175 Å². The maximum absolute atomic E-state index is 12.8. The van der Waals surface area contributed by atoms with Gasteiger partial charge in [0.05, 0.1) is 31.5 Å². The van der Waals surface area contributed by atoms with Crippen molar-refractivity contribution in [2.45, 2.75) is 20.4 Å². The van der Waals surface area contributed by atoms with E-state index in [2.05, 4.69) is 10.4 Å². The van der Waals surface area contributed by atoms with Crippen LogP contribution in [0, 0.1) is 5.92 Å². The zero-order valence-electron chi connectivity index (χ0n) is 16.7. The van der Waals surface area contributed by atoms with Gasteiger partial charge in [-0.05, 0) is 23.6 Å². The van der Waals surface area contributed by atoms with E-state index < -0.39 is 0 Å². The molecule has 0 bridgehead atoms.